The van der Waals surface area contributed by atoms with E-state index in [1.165, 1.54) is 6.07 Å². The first-order chi connectivity index (χ1) is 8.56. The summed E-state index contributed by atoms with van der Waals surface area (Å²) in [6, 6.07) is 5.40. The molecule has 0 saturated carbocycles. The summed E-state index contributed by atoms with van der Waals surface area (Å²) in [6.45, 7) is 4.79. The zero-order valence-corrected chi connectivity index (χ0v) is 12.3. The Hall–Kier alpha value is -0.450. The minimum Gasteiger partial charge on any atom is -0.328 e. The number of piperidine rings is 1. The maximum absolute atomic E-state index is 13.7. The summed E-state index contributed by atoms with van der Waals surface area (Å²) in [7, 11) is 0. The van der Waals surface area contributed by atoms with Gasteiger partial charge in [0.15, 0.2) is 0 Å². The van der Waals surface area contributed by atoms with Crippen molar-refractivity contribution in [1.82, 2.24) is 4.90 Å². The molecular weight excluding hydrogens is 295 g/mol. The van der Waals surface area contributed by atoms with Crippen LogP contribution in [0.4, 0.5) is 4.39 Å². The van der Waals surface area contributed by atoms with Gasteiger partial charge < -0.3 is 5.73 Å². The van der Waals surface area contributed by atoms with Crippen LogP contribution in [-0.4, -0.2) is 24.0 Å². The standard InChI is InChI=1S/C14H20BrFN2/c1-10(17)11-4-6-18(7-5-11)9-12-8-13(15)2-3-14(12)16/h2-3,8,10-11H,4-7,9,17H2,1H3. The topological polar surface area (TPSA) is 29.3 Å². The van der Waals surface area contributed by atoms with Crippen LogP contribution < -0.4 is 5.73 Å². The predicted octanol–water partition coefficient (Wildman–Crippen LogP) is 3.15. The highest BCUT2D eigenvalue weighted by Crippen LogP contribution is 2.23. The highest BCUT2D eigenvalue weighted by molar-refractivity contribution is 9.10. The van der Waals surface area contributed by atoms with E-state index in [4.69, 9.17) is 5.73 Å². The van der Waals surface area contributed by atoms with Crippen LogP contribution in [0.15, 0.2) is 22.7 Å². The lowest BCUT2D eigenvalue weighted by molar-refractivity contribution is 0.164. The molecule has 1 aliphatic heterocycles. The molecule has 0 spiro atoms. The quantitative estimate of drug-likeness (QED) is 0.928. The average Bonchev–Trinajstić information content (AvgIpc) is 2.34. The molecule has 1 heterocycles. The number of hydrogen-bond acceptors (Lipinski definition) is 2. The number of nitrogens with zero attached hydrogens (tertiary/aromatic N) is 1. The fraction of sp³-hybridized carbons (Fsp3) is 0.571. The third-order valence-electron chi connectivity index (χ3n) is 3.78. The zero-order valence-electron chi connectivity index (χ0n) is 10.7. The van der Waals surface area contributed by atoms with E-state index in [9.17, 15) is 4.39 Å². The van der Waals surface area contributed by atoms with Crippen molar-refractivity contribution in [3.8, 4) is 0 Å². The van der Waals surface area contributed by atoms with E-state index in [0.717, 1.165) is 36.0 Å². The Morgan fingerprint density at radius 2 is 2.11 bits per heavy atom. The number of nitrogens with two attached hydrogens (primary N) is 1. The summed E-state index contributed by atoms with van der Waals surface area (Å²) in [4.78, 5) is 2.31. The van der Waals surface area contributed by atoms with Crippen LogP contribution in [0.5, 0.6) is 0 Å². The number of rotatable bonds is 3. The summed E-state index contributed by atoms with van der Waals surface area (Å²) in [5.74, 6) is 0.501. The van der Waals surface area contributed by atoms with Crippen molar-refractivity contribution in [2.24, 2.45) is 11.7 Å². The van der Waals surface area contributed by atoms with Crippen molar-refractivity contribution < 1.29 is 4.39 Å². The van der Waals surface area contributed by atoms with Gasteiger partial charge in [0.1, 0.15) is 5.82 Å². The number of halogens is 2. The third kappa shape index (κ3) is 3.53. The Balaban J connectivity index is 1.93. The van der Waals surface area contributed by atoms with E-state index >= 15 is 0 Å². The normalized spacial score (nSPS) is 20.0. The maximum atomic E-state index is 13.7. The molecule has 0 radical (unpaired) electrons. The van der Waals surface area contributed by atoms with Crippen LogP contribution in [0.1, 0.15) is 25.3 Å². The summed E-state index contributed by atoms with van der Waals surface area (Å²) >= 11 is 3.39. The van der Waals surface area contributed by atoms with Gasteiger partial charge in [-0.25, -0.2) is 4.39 Å². The molecule has 4 heteroatoms. The van der Waals surface area contributed by atoms with E-state index in [0.29, 0.717) is 12.5 Å². The molecule has 1 unspecified atom stereocenters. The van der Waals surface area contributed by atoms with Crippen molar-refractivity contribution in [3.63, 3.8) is 0 Å². The molecule has 0 amide bonds. The van der Waals surface area contributed by atoms with E-state index < -0.39 is 0 Å². The van der Waals surface area contributed by atoms with Crippen LogP contribution in [0.3, 0.4) is 0 Å². The van der Waals surface area contributed by atoms with Gasteiger partial charge in [0, 0.05) is 22.6 Å². The lowest BCUT2D eigenvalue weighted by Gasteiger charge is -2.33. The van der Waals surface area contributed by atoms with Gasteiger partial charge in [0.25, 0.3) is 0 Å². The smallest absolute Gasteiger partial charge is 0.127 e. The molecule has 1 aliphatic rings. The SMILES string of the molecule is CC(N)C1CCN(Cc2cc(Br)ccc2F)CC1. The minimum absolute atomic E-state index is 0.118. The molecule has 1 aromatic rings. The highest BCUT2D eigenvalue weighted by atomic mass is 79.9. The first-order valence-electron chi connectivity index (χ1n) is 6.48. The molecule has 1 aromatic carbocycles. The monoisotopic (exact) mass is 314 g/mol. The fourth-order valence-corrected chi connectivity index (χ4v) is 2.95. The zero-order chi connectivity index (χ0) is 13.1. The van der Waals surface area contributed by atoms with E-state index in [1.807, 2.05) is 6.07 Å². The lowest BCUT2D eigenvalue weighted by Crippen LogP contribution is -2.39. The molecule has 2 N–H and O–H groups in total. The summed E-state index contributed by atoms with van der Waals surface area (Å²) in [5, 5.41) is 0. The van der Waals surface area contributed by atoms with Crippen molar-refractivity contribution >= 4 is 15.9 Å². The minimum atomic E-state index is -0.118. The van der Waals surface area contributed by atoms with Gasteiger partial charge in [-0.15, -0.1) is 0 Å². The van der Waals surface area contributed by atoms with Crippen molar-refractivity contribution in [2.45, 2.75) is 32.4 Å². The van der Waals surface area contributed by atoms with Crippen LogP contribution in [0, 0.1) is 11.7 Å². The van der Waals surface area contributed by atoms with Gasteiger partial charge in [0.05, 0.1) is 0 Å². The third-order valence-corrected chi connectivity index (χ3v) is 4.27. The Bertz CT molecular complexity index is 401. The Kier molecular flexibility index (Phi) is 4.76. The van der Waals surface area contributed by atoms with Gasteiger partial charge in [0.2, 0.25) is 0 Å². The Labute approximate surface area is 116 Å². The number of likely N-dealkylation sites (tertiary alicyclic amines) is 1. The molecule has 1 saturated heterocycles. The first-order valence-corrected chi connectivity index (χ1v) is 7.27. The molecule has 0 bridgehead atoms. The van der Waals surface area contributed by atoms with Gasteiger partial charge in [-0.3, -0.25) is 4.90 Å². The second-order valence-electron chi connectivity index (χ2n) is 5.21. The largest absolute Gasteiger partial charge is 0.328 e. The highest BCUT2D eigenvalue weighted by Gasteiger charge is 2.22. The maximum Gasteiger partial charge on any atom is 0.127 e. The first kappa shape index (κ1) is 14.0. The average molecular weight is 315 g/mol. The Morgan fingerprint density at radius 3 is 2.72 bits per heavy atom. The number of benzene rings is 1. The predicted molar refractivity (Wildman–Crippen MR) is 75.8 cm³/mol. The van der Waals surface area contributed by atoms with Crippen LogP contribution in [0.2, 0.25) is 0 Å². The summed E-state index contributed by atoms with van der Waals surface area (Å²) in [5.41, 5.74) is 6.69. The fourth-order valence-electron chi connectivity index (χ4n) is 2.54. The molecule has 2 rings (SSSR count). The summed E-state index contributed by atoms with van der Waals surface area (Å²) < 4.78 is 14.6. The van der Waals surface area contributed by atoms with Crippen LogP contribution in [-0.2, 0) is 6.54 Å². The van der Waals surface area contributed by atoms with E-state index in [-0.39, 0.29) is 11.9 Å². The van der Waals surface area contributed by atoms with Crippen molar-refractivity contribution in [2.75, 3.05) is 13.1 Å². The van der Waals surface area contributed by atoms with E-state index in [1.54, 1.807) is 6.07 Å². The molecule has 1 fully saturated rings. The second kappa shape index (κ2) is 6.13. The van der Waals surface area contributed by atoms with Crippen molar-refractivity contribution in [3.05, 3.63) is 34.1 Å². The van der Waals surface area contributed by atoms with Gasteiger partial charge in [-0.05, 0) is 57.0 Å². The Morgan fingerprint density at radius 1 is 1.44 bits per heavy atom. The summed E-state index contributed by atoms with van der Waals surface area (Å²) in [6.07, 6.45) is 2.24. The molecule has 18 heavy (non-hydrogen) atoms. The van der Waals surface area contributed by atoms with E-state index in [2.05, 4.69) is 27.8 Å². The van der Waals surface area contributed by atoms with Crippen molar-refractivity contribution in [1.29, 1.82) is 0 Å². The molecular formula is C14H20BrFN2. The molecule has 1 atom stereocenters. The lowest BCUT2D eigenvalue weighted by atomic mass is 9.91. The van der Waals surface area contributed by atoms with Gasteiger partial charge >= 0.3 is 0 Å². The molecule has 0 aromatic heterocycles. The number of hydrogen-bond donors (Lipinski definition) is 1. The molecule has 0 aliphatic carbocycles. The van der Waals surface area contributed by atoms with Gasteiger partial charge in [-0.2, -0.15) is 0 Å². The second-order valence-corrected chi connectivity index (χ2v) is 6.12. The van der Waals surface area contributed by atoms with Crippen LogP contribution >= 0.6 is 15.9 Å². The van der Waals surface area contributed by atoms with Crippen LogP contribution in [0.25, 0.3) is 0 Å². The van der Waals surface area contributed by atoms with Gasteiger partial charge in [-0.1, -0.05) is 15.9 Å². The molecule has 100 valence electrons. The molecule has 2 nitrogen and oxygen atoms in total.